The number of carbonyl (C=O) groups excluding carboxylic acids is 3. The maximum absolute atomic E-state index is 13.9. The fraction of sp³-hybridized carbons (Fsp3) is 0.526. The average molecular weight is 361 g/mol. The Kier molecular flexibility index (Phi) is 4.98. The minimum atomic E-state index is -0.965. The van der Waals surface area contributed by atoms with E-state index in [1.165, 1.54) is 12.1 Å². The van der Waals surface area contributed by atoms with Crippen LogP contribution in [0.15, 0.2) is 18.2 Å². The zero-order chi connectivity index (χ0) is 18.9. The van der Waals surface area contributed by atoms with E-state index in [0.29, 0.717) is 0 Å². The lowest BCUT2D eigenvalue weighted by Gasteiger charge is -2.34. The van der Waals surface area contributed by atoms with Crippen LogP contribution in [0, 0.1) is 18.7 Å². The van der Waals surface area contributed by atoms with Gasteiger partial charge in [-0.15, -0.1) is 0 Å². The van der Waals surface area contributed by atoms with Gasteiger partial charge in [0.05, 0.1) is 5.69 Å². The molecule has 2 aliphatic rings. The van der Waals surface area contributed by atoms with Gasteiger partial charge in [-0.25, -0.2) is 9.18 Å². The van der Waals surface area contributed by atoms with Gasteiger partial charge in [-0.2, -0.15) is 0 Å². The Morgan fingerprint density at radius 1 is 1.31 bits per heavy atom. The van der Waals surface area contributed by atoms with Gasteiger partial charge in [-0.1, -0.05) is 25.3 Å². The normalized spacial score (nSPS) is 23.9. The molecule has 0 bridgehead atoms. The van der Waals surface area contributed by atoms with Crippen LogP contribution in [0.4, 0.5) is 14.9 Å². The number of carbonyl (C=O) groups is 3. The first-order valence-electron chi connectivity index (χ1n) is 9.01. The summed E-state index contributed by atoms with van der Waals surface area (Å²) in [6, 6.07) is 3.87. The Balaban J connectivity index is 1.68. The number of benzene rings is 1. The standard InChI is InChI=1S/C19H24FN3O3/c1-12-8-9-15(14(20)10-12)21-16(24)11-23-17(25)19(2,22-18(23)26)13-6-4-3-5-7-13/h8-10,13H,3-7,11H2,1-2H3,(H,21,24)(H,22,26)/t19-/m1/s1. The van der Waals surface area contributed by atoms with Crippen molar-refractivity contribution in [3.05, 3.63) is 29.6 Å². The Bertz CT molecular complexity index is 746. The highest BCUT2D eigenvalue weighted by Crippen LogP contribution is 2.36. The van der Waals surface area contributed by atoms with Crippen LogP contribution >= 0.6 is 0 Å². The van der Waals surface area contributed by atoms with Crippen molar-refractivity contribution in [2.24, 2.45) is 5.92 Å². The molecule has 1 atom stereocenters. The maximum atomic E-state index is 13.9. The van der Waals surface area contributed by atoms with Gasteiger partial charge >= 0.3 is 6.03 Å². The van der Waals surface area contributed by atoms with E-state index in [2.05, 4.69) is 10.6 Å². The van der Waals surface area contributed by atoms with Crippen molar-refractivity contribution in [3.8, 4) is 0 Å². The summed E-state index contributed by atoms with van der Waals surface area (Å²) in [7, 11) is 0. The first-order valence-corrected chi connectivity index (χ1v) is 9.01. The highest BCUT2D eigenvalue weighted by Gasteiger charge is 2.52. The molecule has 7 heteroatoms. The predicted molar refractivity (Wildman–Crippen MR) is 95.0 cm³/mol. The largest absolute Gasteiger partial charge is 0.325 e. The van der Waals surface area contributed by atoms with E-state index in [4.69, 9.17) is 0 Å². The van der Waals surface area contributed by atoms with Crippen LogP contribution in [0.1, 0.15) is 44.6 Å². The number of amides is 4. The van der Waals surface area contributed by atoms with Gasteiger partial charge in [0, 0.05) is 0 Å². The highest BCUT2D eigenvalue weighted by atomic mass is 19.1. The van der Waals surface area contributed by atoms with Crippen LogP contribution in [-0.4, -0.2) is 34.8 Å². The second kappa shape index (κ2) is 7.05. The number of imide groups is 1. The number of nitrogens with one attached hydrogen (secondary N) is 2. The van der Waals surface area contributed by atoms with Crippen LogP contribution < -0.4 is 10.6 Å². The van der Waals surface area contributed by atoms with Gasteiger partial charge < -0.3 is 10.6 Å². The number of hydrogen-bond acceptors (Lipinski definition) is 3. The third-order valence-electron chi connectivity index (χ3n) is 5.42. The molecule has 2 fully saturated rings. The first kappa shape index (κ1) is 18.4. The minimum absolute atomic E-state index is 0.0303. The van der Waals surface area contributed by atoms with E-state index in [0.717, 1.165) is 42.6 Å². The van der Waals surface area contributed by atoms with Crippen LogP contribution in [-0.2, 0) is 9.59 Å². The number of nitrogens with zero attached hydrogens (tertiary/aromatic N) is 1. The Morgan fingerprint density at radius 2 is 2.00 bits per heavy atom. The van der Waals surface area contributed by atoms with Gasteiger partial charge in [-0.3, -0.25) is 14.5 Å². The van der Waals surface area contributed by atoms with Crippen molar-refractivity contribution < 1.29 is 18.8 Å². The molecule has 2 N–H and O–H groups in total. The van der Waals surface area contributed by atoms with Crippen molar-refractivity contribution in [2.45, 2.75) is 51.5 Å². The van der Waals surface area contributed by atoms with E-state index in [-0.39, 0.29) is 17.5 Å². The molecular formula is C19H24FN3O3. The lowest BCUT2D eigenvalue weighted by Crippen LogP contribution is -2.51. The Hall–Kier alpha value is -2.44. The molecule has 1 aromatic rings. The van der Waals surface area contributed by atoms with E-state index in [1.54, 1.807) is 19.9 Å². The van der Waals surface area contributed by atoms with E-state index >= 15 is 0 Å². The van der Waals surface area contributed by atoms with Crippen molar-refractivity contribution in [2.75, 3.05) is 11.9 Å². The Morgan fingerprint density at radius 3 is 2.65 bits per heavy atom. The first-order chi connectivity index (χ1) is 12.3. The molecule has 1 aliphatic heterocycles. The quantitative estimate of drug-likeness (QED) is 0.810. The molecule has 1 saturated carbocycles. The summed E-state index contributed by atoms with van der Waals surface area (Å²) in [5.74, 6) is -1.46. The molecule has 1 saturated heterocycles. The number of rotatable bonds is 4. The molecule has 4 amide bonds. The van der Waals surface area contributed by atoms with Crippen molar-refractivity contribution in [1.82, 2.24) is 10.2 Å². The second-order valence-corrected chi connectivity index (χ2v) is 7.39. The van der Waals surface area contributed by atoms with Crippen LogP contribution in [0.2, 0.25) is 0 Å². The number of hydrogen-bond donors (Lipinski definition) is 2. The van der Waals surface area contributed by atoms with Gasteiger partial charge in [0.15, 0.2) is 0 Å². The molecule has 1 aromatic carbocycles. The smallest absolute Gasteiger partial charge is 0.323 e. The molecule has 140 valence electrons. The van der Waals surface area contributed by atoms with E-state index in [9.17, 15) is 18.8 Å². The number of urea groups is 1. The van der Waals surface area contributed by atoms with Gasteiger partial charge in [0.2, 0.25) is 5.91 Å². The van der Waals surface area contributed by atoms with Gasteiger partial charge in [-0.05, 0) is 50.3 Å². The predicted octanol–water partition coefficient (Wildman–Crippen LogP) is 2.96. The summed E-state index contributed by atoms with van der Waals surface area (Å²) < 4.78 is 13.9. The summed E-state index contributed by atoms with van der Waals surface area (Å²) in [4.78, 5) is 38.3. The minimum Gasteiger partial charge on any atom is -0.323 e. The zero-order valence-electron chi connectivity index (χ0n) is 15.1. The second-order valence-electron chi connectivity index (χ2n) is 7.39. The molecule has 3 rings (SSSR count). The van der Waals surface area contributed by atoms with Crippen molar-refractivity contribution in [3.63, 3.8) is 0 Å². The third-order valence-corrected chi connectivity index (χ3v) is 5.42. The fourth-order valence-corrected chi connectivity index (χ4v) is 3.87. The van der Waals surface area contributed by atoms with Gasteiger partial charge in [0.1, 0.15) is 17.9 Å². The van der Waals surface area contributed by atoms with E-state index < -0.39 is 29.8 Å². The summed E-state index contributed by atoms with van der Waals surface area (Å²) in [6.45, 7) is 3.05. The molecule has 0 radical (unpaired) electrons. The maximum Gasteiger partial charge on any atom is 0.325 e. The number of halogens is 1. The fourth-order valence-electron chi connectivity index (χ4n) is 3.87. The van der Waals surface area contributed by atoms with E-state index in [1.807, 2.05) is 0 Å². The van der Waals surface area contributed by atoms with Crippen molar-refractivity contribution >= 4 is 23.5 Å². The zero-order valence-corrected chi connectivity index (χ0v) is 15.1. The van der Waals surface area contributed by atoms with Crippen molar-refractivity contribution in [1.29, 1.82) is 0 Å². The summed E-state index contributed by atoms with van der Waals surface area (Å²) in [5.41, 5.74) is -0.201. The van der Waals surface area contributed by atoms with Crippen LogP contribution in [0.3, 0.4) is 0 Å². The molecule has 0 spiro atoms. The SMILES string of the molecule is Cc1ccc(NC(=O)CN2C(=O)N[C@](C)(C3CCCCC3)C2=O)c(F)c1. The third kappa shape index (κ3) is 3.43. The number of anilines is 1. The lowest BCUT2D eigenvalue weighted by atomic mass is 9.75. The molecule has 1 heterocycles. The molecule has 1 aliphatic carbocycles. The molecule has 6 nitrogen and oxygen atoms in total. The summed E-state index contributed by atoms with van der Waals surface area (Å²) >= 11 is 0. The number of aryl methyl sites for hydroxylation is 1. The van der Waals surface area contributed by atoms with Gasteiger partial charge in [0.25, 0.3) is 5.91 Å². The molecular weight excluding hydrogens is 337 g/mol. The highest BCUT2D eigenvalue weighted by molar-refractivity contribution is 6.10. The summed E-state index contributed by atoms with van der Waals surface area (Å²) in [6.07, 6.45) is 4.99. The van der Waals surface area contributed by atoms with Crippen LogP contribution in [0.25, 0.3) is 0 Å². The molecule has 0 aromatic heterocycles. The monoisotopic (exact) mass is 361 g/mol. The van der Waals surface area contributed by atoms with Crippen LogP contribution in [0.5, 0.6) is 0 Å². The lowest BCUT2D eigenvalue weighted by molar-refractivity contribution is -0.135. The Labute approximate surface area is 152 Å². The summed E-state index contributed by atoms with van der Waals surface area (Å²) in [5, 5.41) is 5.20. The molecule has 0 unspecified atom stereocenters. The topological polar surface area (TPSA) is 78.5 Å². The molecule has 26 heavy (non-hydrogen) atoms. The average Bonchev–Trinajstić information content (AvgIpc) is 2.82.